The van der Waals surface area contributed by atoms with E-state index in [-0.39, 0.29) is 11.8 Å². The van der Waals surface area contributed by atoms with E-state index in [9.17, 15) is 8.42 Å². The summed E-state index contributed by atoms with van der Waals surface area (Å²) in [5, 5.41) is 3.31. The lowest BCUT2D eigenvalue weighted by Crippen LogP contribution is -2.20. The molecule has 3 nitrogen and oxygen atoms in total. The van der Waals surface area contributed by atoms with Crippen LogP contribution in [0.2, 0.25) is 0 Å². The minimum Gasteiger partial charge on any atom is -0.312 e. The standard InChI is InChI=1S/C14H23NO2S2/c1-11-5-6-13(12(2)9-11)14(15-3)10-18-7-8-19(4,16)17/h5-6,9,14-15H,7-8,10H2,1-4H3. The van der Waals surface area contributed by atoms with Crippen LogP contribution in [0, 0.1) is 13.8 Å². The maximum atomic E-state index is 11.1. The topological polar surface area (TPSA) is 46.2 Å². The van der Waals surface area contributed by atoms with Crippen molar-refractivity contribution in [3.8, 4) is 0 Å². The van der Waals surface area contributed by atoms with Gasteiger partial charge in [-0.05, 0) is 32.0 Å². The summed E-state index contributed by atoms with van der Waals surface area (Å²) in [5.74, 6) is 1.79. The Labute approximate surface area is 121 Å². The summed E-state index contributed by atoms with van der Waals surface area (Å²) in [4.78, 5) is 0. The first kappa shape index (κ1) is 16.5. The van der Waals surface area contributed by atoms with Gasteiger partial charge in [-0.15, -0.1) is 0 Å². The molecule has 1 atom stereocenters. The summed E-state index contributed by atoms with van der Waals surface area (Å²) in [5.41, 5.74) is 3.84. The monoisotopic (exact) mass is 301 g/mol. The van der Waals surface area contributed by atoms with Gasteiger partial charge >= 0.3 is 0 Å². The SMILES string of the molecule is CNC(CSCCS(C)(=O)=O)c1ccc(C)cc1C. The average Bonchev–Trinajstić information content (AvgIpc) is 2.29. The molecule has 1 aromatic carbocycles. The molecule has 0 bridgehead atoms. The van der Waals surface area contributed by atoms with Crippen molar-refractivity contribution in [3.05, 3.63) is 34.9 Å². The molecule has 0 radical (unpaired) electrons. The van der Waals surface area contributed by atoms with Crippen LogP contribution in [0.3, 0.4) is 0 Å². The lowest BCUT2D eigenvalue weighted by Gasteiger charge is -2.19. The number of hydrogen-bond acceptors (Lipinski definition) is 4. The molecule has 0 saturated carbocycles. The lowest BCUT2D eigenvalue weighted by atomic mass is 10.0. The van der Waals surface area contributed by atoms with Gasteiger partial charge in [0.1, 0.15) is 9.84 Å². The largest absolute Gasteiger partial charge is 0.312 e. The van der Waals surface area contributed by atoms with E-state index in [1.807, 2.05) is 7.05 Å². The summed E-state index contributed by atoms with van der Waals surface area (Å²) in [6.07, 6.45) is 1.28. The smallest absolute Gasteiger partial charge is 0.148 e. The molecule has 0 amide bonds. The van der Waals surface area contributed by atoms with Crippen LogP contribution in [0.4, 0.5) is 0 Å². The summed E-state index contributed by atoms with van der Waals surface area (Å²) in [6, 6.07) is 6.72. The van der Waals surface area contributed by atoms with Crippen molar-refractivity contribution in [1.82, 2.24) is 5.32 Å². The van der Waals surface area contributed by atoms with Gasteiger partial charge in [-0.25, -0.2) is 8.42 Å². The molecule has 1 aromatic rings. The van der Waals surface area contributed by atoms with E-state index in [1.165, 1.54) is 22.9 Å². The fraction of sp³-hybridized carbons (Fsp3) is 0.571. The third-order valence-electron chi connectivity index (χ3n) is 3.03. The van der Waals surface area contributed by atoms with Crippen LogP contribution < -0.4 is 5.32 Å². The van der Waals surface area contributed by atoms with Gasteiger partial charge in [-0.1, -0.05) is 23.8 Å². The summed E-state index contributed by atoms with van der Waals surface area (Å²) < 4.78 is 22.2. The van der Waals surface area contributed by atoms with Gasteiger partial charge in [-0.2, -0.15) is 11.8 Å². The van der Waals surface area contributed by atoms with Gasteiger partial charge in [0.15, 0.2) is 0 Å². The molecular formula is C14H23NO2S2. The molecule has 1 rings (SSSR count). The van der Waals surface area contributed by atoms with Crippen molar-refractivity contribution in [2.75, 3.05) is 30.6 Å². The number of rotatable bonds is 7. The van der Waals surface area contributed by atoms with Crippen LogP contribution in [-0.4, -0.2) is 39.0 Å². The normalized spacial score (nSPS) is 13.5. The maximum absolute atomic E-state index is 11.1. The van der Waals surface area contributed by atoms with Crippen molar-refractivity contribution in [2.24, 2.45) is 0 Å². The lowest BCUT2D eigenvalue weighted by molar-refractivity contribution is 0.603. The molecule has 1 N–H and O–H groups in total. The molecule has 0 aliphatic heterocycles. The first-order valence-electron chi connectivity index (χ1n) is 6.33. The third kappa shape index (κ3) is 5.97. The molecule has 0 aliphatic carbocycles. The number of thioether (sulfide) groups is 1. The van der Waals surface area contributed by atoms with Gasteiger partial charge in [0.2, 0.25) is 0 Å². The summed E-state index contributed by atoms with van der Waals surface area (Å²) >= 11 is 1.68. The number of aryl methyl sites for hydroxylation is 2. The Kier molecular flexibility index (Phi) is 6.36. The molecule has 0 heterocycles. The predicted octanol–water partition coefficient (Wildman–Crippen LogP) is 2.34. The van der Waals surface area contributed by atoms with E-state index >= 15 is 0 Å². The quantitative estimate of drug-likeness (QED) is 0.785. The zero-order valence-corrected chi connectivity index (χ0v) is 13.7. The Hall–Kier alpha value is -0.520. The molecule has 0 saturated heterocycles. The molecule has 0 spiro atoms. The highest BCUT2D eigenvalue weighted by molar-refractivity contribution is 8.00. The Bertz CT molecular complexity index is 512. The molecule has 19 heavy (non-hydrogen) atoms. The van der Waals surface area contributed by atoms with Crippen molar-refractivity contribution in [1.29, 1.82) is 0 Å². The van der Waals surface area contributed by atoms with Gasteiger partial charge in [0.25, 0.3) is 0 Å². The molecule has 108 valence electrons. The van der Waals surface area contributed by atoms with E-state index in [1.54, 1.807) is 11.8 Å². The van der Waals surface area contributed by atoms with Gasteiger partial charge in [-0.3, -0.25) is 0 Å². The Morgan fingerprint density at radius 3 is 2.53 bits per heavy atom. The summed E-state index contributed by atoms with van der Waals surface area (Å²) in [7, 11) is -0.903. The first-order valence-corrected chi connectivity index (χ1v) is 9.55. The van der Waals surface area contributed by atoms with Crippen LogP contribution in [0.5, 0.6) is 0 Å². The number of benzene rings is 1. The van der Waals surface area contributed by atoms with Crippen molar-refractivity contribution < 1.29 is 8.42 Å². The van der Waals surface area contributed by atoms with Crippen LogP contribution in [0.25, 0.3) is 0 Å². The van der Waals surface area contributed by atoms with Gasteiger partial charge in [0.05, 0.1) is 5.75 Å². The molecular weight excluding hydrogens is 278 g/mol. The fourth-order valence-corrected chi connectivity index (χ4v) is 4.39. The molecule has 0 fully saturated rings. The zero-order chi connectivity index (χ0) is 14.5. The molecule has 0 aromatic heterocycles. The minimum atomic E-state index is -2.85. The van der Waals surface area contributed by atoms with Crippen molar-refractivity contribution >= 4 is 21.6 Å². The Balaban J connectivity index is 2.58. The van der Waals surface area contributed by atoms with E-state index < -0.39 is 9.84 Å². The Morgan fingerprint density at radius 2 is 2.00 bits per heavy atom. The highest BCUT2D eigenvalue weighted by Crippen LogP contribution is 2.22. The maximum Gasteiger partial charge on any atom is 0.148 e. The zero-order valence-electron chi connectivity index (χ0n) is 12.1. The van der Waals surface area contributed by atoms with E-state index in [4.69, 9.17) is 0 Å². The van der Waals surface area contributed by atoms with E-state index in [2.05, 4.69) is 37.4 Å². The van der Waals surface area contributed by atoms with E-state index in [0.717, 1.165) is 5.75 Å². The second-order valence-electron chi connectivity index (χ2n) is 4.91. The third-order valence-corrected chi connectivity index (χ3v) is 5.30. The van der Waals surface area contributed by atoms with Crippen LogP contribution in [-0.2, 0) is 9.84 Å². The number of sulfone groups is 1. The Morgan fingerprint density at radius 1 is 1.32 bits per heavy atom. The second-order valence-corrected chi connectivity index (χ2v) is 8.32. The van der Waals surface area contributed by atoms with Gasteiger partial charge < -0.3 is 5.32 Å². The van der Waals surface area contributed by atoms with Crippen LogP contribution in [0.15, 0.2) is 18.2 Å². The average molecular weight is 301 g/mol. The molecule has 1 unspecified atom stereocenters. The molecule has 0 aliphatic rings. The van der Waals surface area contributed by atoms with Crippen LogP contribution >= 0.6 is 11.8 Å². The number of nitrogens with one attached hydrogen (secondary N) is 1. The molecule has 5 heteroatoms. The van der Waals surface area contributed by atoms with Gasteiger partial charge in [0, 0.05) is 23.8 Å². The number of hydrogen-bond donors (Lipinski definition) is 1. The second kappa shape index (κ2) is 7.31. The van der Waals surface area contributed by atoms with Crippen molar-refractivity contribution in [2.45, 2.75) is 19.9 Å². The highest BCUT2D eigenvalue weighted by atomic mass is 32.2. The van der Waals surface area contributed by atoms with E-state index in [0.29, 0.717) is 5.75 Å². The first-order chi connectivity index (χ1) is 8.83. The summed E-state index contributed by atoms with van der Waals surface area (Å²) in [6.45, 7) is 4.21. The van der Waals surface area contributed by atoms with Crippen molar-refractivity contribution in [3.63, 3.8) is 0 Å². The van der Waals surface area contributed by atoms with Crippen LogP contribution in [0.1, 0.15) is 22.7 Å². The predicted molar refractivity (Wildman–Crippen MR) is 84.8 cm³/mol. The highest BCUT2D eigenvalue weighted by Gasteiger charge is 2.12. The minimum absolute atomic E-state index is 0.251. The fourth-order valence-electron chi connectivity index (χ4n) is 1.96.